The summed E-state index contributed by atoms with van der Waals surface area (Å²) in [5.74, 6) is 0.442. The van der Waals surface area contributed by atoms with Crippen LogP contribution in [0.25, 0.3) is 0 Å². The van der Waals surface area contributed by atoms with E-state index >= 15 is 0 Å². The summed E-state index contributed by atoms with van der Waals surface area (Å²) in [5.41, 5.74) is -0.603. The first-order chi connectivity index (χ1) is 7.04. The molecule has 0 saturated carbocycles. The zero-order valence-corrected chi connectivity index (χ0v) is 8.29. The minimum atomic E-state index is -4.91. The van der Waals surface area contributed by atoms with Crippen LogP contribution in [0.1, 0.15) is 6.92 Å². The molecule has 0 bridgehead atoms. The van der Waals surface area contributed by atoms with E-state index in [1.54, 1.807) is 6.08 Å². The van der Waals surface area contributed by atoms with E-state index in [4.69, 9.17) is 4.74 Å². The molecule has 0 N–H and O–H groups in total. The molecule has 0 fully saturated rings. The van der Waals surface area contributed by atoms with Crippen LogP contribution in [0.4, 0.5) is 12.9 Å². The van der Waals surface area contributed by atoms with Gasteiger partial charge in [0.05, 0.1) is 0 Å². The number of allylic oxidation sites excluding steroid dienone is 1. The van der Waals surface area contributed by atoms with E-state index in [0.29, 0.717) is 12.4 Å². The van der Waals surface area contributed by atoms with Crippen molar-refractivity contribution >= 4 is 12.4 Å². The van der Waals surface area contributed by atoms with Crippen LogP contribution in [0.15, 0.2) is 36.4 Å². The Kier molecular flexibility index (Phi) is 3.83. The predicted molar refractivity (Wildman–Crippen MR) is 55.5 cm³/mol. The number of halogens is 3. The van der Waals surface area contributed by atoms with Crippen molar-refractivity contribution in [3.63, 3.8) is 0 Å². The molecule has 0 aliphatic carbocycles. The van der Waals surface area contributed by atoms with E-state index in [2.05, 4.69) is 0 Å². The summed E-state index contributed by atoms with van der Waals surface area (Å²) in [6.45, 7) is -2.69. The first-order valence-corrected chi connectivity index (χ1v) is 4.58. The standard InChI is InChI=1S/C10H11BF3O/c1-2-3-8-15-10-6-4-9(5-7-10)11(12,13)14/h2-7H,8H2,1H3/q-1. The highest BCUT2D eigenvalue weighted by Crippen LogP contribution is 2.13. The largest absolute Gasteiger partial charge is 0.509 e. The molecule has 15 heavy (non-hydrogen) atoms. The Hall–Kier alpha value is -1.39. The third-order valence-electron chi connectivity index (χ3n) is 1.84. The van der Waals surface area contributed by atoms with Crippen molar-refractivity contribution < 1.29 is 17.7 Å². The van der Waals surface area contributed by atoms with Crippen LogP contribution in [0, 0.1) is 0 Å². The highest BCUT2D eigenvalue weighted by atomic mass is 19.4. The molecule has 1 rings (SSSR count). The average Bonchev–Trinajstić information content (AvgIpc) is 2.18. The molecule has 1 nitrogen and oxygen atoms in total. The summed E-state index contributed by atoms with van der Waals surface area (Å²) in [7, 11) is 0. The minimum absolute atomic E-state index is 0.368. The van der Waals surface area contributed by atoms with E-state index < -0.39 is 12.4 Å². The van der Waals surface area contributed by atoms with Gasteiger partial charge < -0.3 is 17.7 Å². The maximum Gasteiger partial charge on any atom is 0.509 e. The summed E-state index contributed by atoms with van der Waals surface area (Å²) >= 11 is 0. The third kappa shape index (κ3) is 3.69. The van der Waals surface area contributed by atoms with Gasteiger partial charge >= 0.3 is 6.98 Å². The minimum Gasteiger partial charge on any atom is -0.490 e. The molecule has 0 aliphatic heterocycles. The normalized spacial score (nSPS) is 12.0. The fourth-order valence-electron chi connectivity index (χ4n) is 1.02. The van der Waals surface area contributed by atoms with Gasteiger partial charge in [0.15, 0.2) is 0 Å². The number of benzene rings is 1. The lowest BCUT2D eigenvalue weighted by Crippen LogP contribution is -2.33. The van der Waals surface area contributed by atoms with Crippen molar-refractivity contribution in [1.82, 2.24) is 0 Å². The monoisotopic (exact) mass is 215 g/mol. The molecule has 0 amide bonds. The molecule has 0 radical (unpaired) electrons. The number of hydrogen-bond donors (Lipinski definition) is 0. The fourth-order valence-corrected chi connectivity index (χ4v) is 1.02. The molecular formula is C10H11BF3O-. The highest BCUT2D eigenvalue weighted by Gasteiger charge is 2.24. The molecule has 0 saturated heterocycles. The molecule has 0 unspecified atom stereocenters. The summed E-state index contributed by atoms with van der Waals surface area (Å²) in [5, 5.41) is 0. The van der Waals surface area contributed by atoms with E-state index in [1.165, 1.54) is 12.1 Å². The van der Waals surface area contributed by atoms with Crippen molar-refractivity contribution in [2.75, 3.05) is 6.61 Å². The summed E-state index contributed by atoms with van der Waals surface area (Å²) in [4.78, 5) is 0. The van der Waals surface area contributed by atoms with Crippen molar-refractivity contribution in [2.24, 2.45) is 0 Å². The van der Waals surface area contributed by atoms with E-state index in [1.807, 2.05) is 13.0 Å². The van der Waals surface area contributed by atoms with Gasteiger partial charge in [0.2, 0.25) is 0 Å². The molecular weight excluding hydrogens is 204 g/mol. The van der Waals surface area contributed by atoms with Gasteiger partial charge in [-0.05, 0) is 19.1 Å². The van der Waals surface area contributed by atoms with Crippen LogP contribution in [0.5, 0.6) is 5.75 Å². The number of ether oxygens (including phenoxy) is 1. The SMILES string of the molecule is CC=CCOc1ccc([B-](F)(F)F)cc1. The lowest BCUT2D eigenvalue weighted by Gasteiger charge is -2.14. The Balaban J connectivity index is 2.64. The molecule has 1 aromatic rings. The third-order valence-corrected chi connectivity index (χ3v) is 1.84. The Bertz CT molecular complexity index is 330. The van der Waals surface area contributed by atoms with Gasteiger partial charge in [-0.15, -0.1) is 5.46 Å². The molecule has 0 aromatic heterocycles. The second-order valence-electron chi connectivity index (χ2n) is 3.02. The van der Waals surface area contributed by atoms with Crippen LogP contribution < -0.4 is 10.2 Å². The van der Waals surface area contributed by atoms with Gasteiger partial charge in [-0.25, -0.2) is 0 Å². The lowest BCUT2D eigenvalue weighted by atomic mass is 9.80. The molecule has 0 aliphatic rings. The summed E-state index contributed by atoms with van der Waals surface area (Å²) < 4.78 is 41.9. The van der Waals surface area contributed by atoms with Gasteiger partial charge in [0, 0.05) is 0 Å². The van der Waals surface area contributed by atoms with Crippen LogP contribution in [-0.4, -0.2) is 13.6 Å². The van der Waals surface area contributed by atoms with Gasteiger partial charge in [0.1, 0.15) is 12.4 Å². The first-order valence-electron chi connectivity index (χ1n) is 4.58. The van der Waals surface area contributed by atoms with Gasteiger partial charge in [-0.2, -0.15) is 0 Å². The summed E-state index contributed by atoms with van der Waals surface area (Å²) in [6.07, 6.45) is 3.59. The van der Waals surface area contributed by atoms with Crippen molar-refractivity contribution in [3.8, 4) is 5.75 Å². The topological polar surface area (TPSA) is 9.23 Å². The van der Waals surface area contributed by atoms with E-state index in [-0.39, 0.29) is 0 Å². The fraction of sp³-hybridized carbons (Fsp3) is 0.200. The zero-order valence-electron chi connectivity index (χ0n) is 8.29. The van der Waals surface area contributed by atoms with Crippen molar-refractivity contribution in [3.05, 3.63) is 36.4 Å². The first kappa shape index (κ1) is 11.7. The van der Waals surface area contributed by atoms with Crippen LogP contribution in [0.3, 0.4) is 0 Å². The Morgan fingerprint density at radius 2 is 1.80 bits per heavy atom. The maximum absolute atomic E-state index is 12.2. The van der Waals surface area contributed by atoms with Crippen LogP contribution >= 0.6 is 0 Å². The molecule has 5 heteroatoms. The lowest BCUT2D eigenvalue weighted by molar-refractivity contribution is 0.363. The van der Waals surface area contributed by atoms with Gasteiger partial charge in [-0.3, -0.25) is 0 Å². The second kappa shape index (κ2) is 4.91. The highest BCUT2D eigenvalue weighted by molar-refractivity contribution is 6.73. The zero-order chi connectivity index (χ0) is 11.3. The average molecular weight is 215 g/mol. The molecule has 0 spiro atoms. The van der Waals surface area contributed by atoms with Crippen molar-refractivity contribution in [1.29, 1.82) is 0 Å². The second-order valence-corrected chi connectivity index (χ2v) is 3.02. The number of rotatable bonds is 4. The van der Waals surface area contributed by atoms with Crippen LogP contribution in [-0.2, 0) is 0 Å². The molecule has 0 atom stereocenters. The van der Waals surface area contributed by atoms with E-state index in [0.717, 1.165) is 12.1 Å². The van der Waals surface area contributed by atoms with Gasteiger partial charge in [0.25, 0.3) is 0 Å². The smallest absolute Gasteiger partial charge is 0.490 e. The molecule has 1 aromatic carbocycles. The van der Waals surface area contributed by atoms with Gasteiger partial charge in [-0.1, -0.05) is 24.3 Å². The van der Waals surface area contributed by atoms with Crippen molar-refractivity contribution in [2.45, 2.75) is 6.92 Å². The van der Waals surface area contributed by atoms with E-state index in [9.17, 15) is 12.9 Å². The Labute approximate surface area is 86.6 Å². The quantitative estimate of drug-likeness (QED) is 0.554. The summed E-state index contributed by atoms with van der Waals surface area (Å²) in [6, 6.07) is 4.72. The number of hydrogen-bond acceptors (Lipinski definition) is 1. The maximum atomic E-state index is 12.2. The van der Waals surface area contributed by atoms with Crippen LogP contribution in [0.2, 0.25) is 0 Å². The predicted octanol–water partition coefficient (Wildman–Crippen LogP) is 2.70. The Morgan fingerprint density at radius 1 is 1.20 bits per heavy atom. The molecule has 0 heterocycles. The molecule has 82 valence electrons. The Morgan fingerprint density at radius 3 is 2.27 bits per heavy atom.